The first-order valence-corrected chi connectivity index (χ1v) is 11.7. The minimum Gasteiger partial charge on any atom is -0.454 e. The van der Waals surface area contributed by atoms with Gasteiger partial charge in [-0.15, -0.1) is 11.3 Å². The summed E-state index contributed by atoms with van der Waals surface area (Å²) in [4.78, 5) is 13.1. The molecule has 7 nitrogen and oxygen atoms in total. The van der Waals surface area contributed by atoms with Gasteiger partial charge >= 0.3 is 0 Å². The lowest BCUT2D eigenvalue weighted by atomic mass is 10.0. The molecule has 1 aromatic heterocycles. The summed E-state index contributed by atoms with van der Waals surface area (Å²) in [6.45, 7) is 0.828. The van der Waals surface area contributed by atoms with Crippen LogP contribution in [-0.4, -0.2) is 32.0 Å². The van der Waals surface area contributed by atoms with Crippen molar-refractivity contribution in [2.24, 2.45) is 0 Å². The first-order valence-electron chi connectivity index (χ1n) is 9.38. The number of nitrogens with zero attached hydrogens (tertiary/aromatic N) is 1. The number of anilines is 1. The van der Waals surface area contributed by atoms with E-state index in [0.717, 1.165) is 22.5 Å². The second-order valence-corrected chi connectivity index (χ2v) is 9.82. The molecule has 0 saturated heterocycles. The summed E-state index contributed by atoms with van der Waals surface area (Å²) < 4.78 is 38.6. The number of hydrogen-bond acceptors (Lipinski definition) is 6. The number of hydrogen-bond donors (Lipinski definition) is 1. The molecule has 1 N–H and O–H groups in total. The Hall–Kier alpha value is -2.88. The normalized spacial score (nSPS) is 15.6. The van der Waals surface area contributed by atoms with Crippen LogP contribution in [-0.2, 0) is 23.0 Å². The molecule has 0 aliphatic carbocycles. The Morgan fingerprint density at radius 2 is 1.83 bits per heavy atom. The molecule has 154 valence electrons. The molecule has 0 radical (unpaired) electrons. The number of carbonyl (C=O) groups is 1. The average molecular weight is 443 g/mol. The largest absolute Gasteiger partial charge is 0.454 e. The van der Waals surface area contributed by atoms with Crippen LogP contribution in [0, 0.1) is 0 Å². The number of sulfonamides is 1. The highest BCUT2D eigenvalue weighted by atomic mass is 32.2. The Morgan fingerprint density at radius 3 is 2.70 bits per heavy atom. The summed E-state index contributed by atoms with van der Waals surface area (Å²) in [6, 6.07) is 14.4. The zero-order valence-electron chi connectivity index (χ0n) is 15.8. The van der Waals surface area contributed by atoms with Gasteiger partial charge in [0.2, 0.25) is 16.8 Å². The van der Waals surface area contributed by atoms with Crippen molar-refractivity contribution < 1.29 is 22.7 Å². The van der Waals surface area contributed by atoms with Gasteiger partial charge in [-0.05, 0) is 41.1 Å². The van der Waals surface area contributed by atoms with E-state index in [4.69, 9.17) is 9.47 Å². The van der Waals surface area contributed by atoms with Crippen molar-refractivity contribution in [3.05, 3.63) is 69.9 Å². The molecule has 0 saturated carbocycles. The van der Waals surface area contributed by atoms with Gasteiger partial charge in [-0.2, -0.15) is 4.31 Å². The topological polar surface area (TPSA) is 84.9 Å². The number of amides is 1. The van der Waals surface area contributed by atoms with Gasteiger partial charge < -0.3 is 14.8 Å². The van der Waals surface area contributed by atoms with Gasteiger partial charge in [0.05, 0.1) is 0 Å². The molecule has 0 unspecified atom stereocenters. The number of fused-ring (bicyclic) bond motifs is 2. The van der Waals surface area contributed by atoms with Crippen LogP contribution in [0.15, 0.2) is 58.8 Å². The fourth-order valence-corrected chi connectivity index (χ4v) is 6.36. The first kappa shape index (κ1) is 19.1. The molecule has 0 fully saturated rings. The fraction of sp³-hybridized carbons (Fsp3) is 0.190. The van der Waals surface area contributed by atoms with Crippen LogP contribution in [0.2, 0.25) is 0 Å². The Bertz CT molecular complexity index is 1240. The molecule has 2 aromatic carbocycles. The molecule has 9 heteroatoms. The van der Waals surface area contributed by atoms with Crippen LogP contribution >= 0.6 is 11.3 Å². The molecule has 0 spiro atoms. The van der Waals surface area contributed by atoms with Crippen LogP contribution in [0.25, 0.3) is 0 Å². The number of ether oxygens (including phenoxy) is 2. The van der Waals surface area contributed by atoms with E-state index >= 15 is 0 Å². The monoisotopic (exact) mass is 442 g/mol. The molecule has 3 aromatic rings. The van der Waals surface area contributed by atoms with E-state index in [1.807, 2.05) is 24.3 Å². The second kappa shape index (κ2) is 7.42. The minimum atomic E-state index is -3.80. The van der Waals surface area contributed by atoms with E-state index in [1.54, 1.807) is 23.6 Å². The van der Waals surface area contributed by atoms with E-state index in [0.29, 0.717) is 36.7 Å². The Balaban J connectivity index is 1.39. The predicted molar refractivity (Wildman–Crippen MR) is 113 cm³/mol. The van der Waals surface area contributed by atoms with Crippen molar-refractivity contribution in [2.75, 3.05) is 18.7 Å². The molecular formula is C21H18N2O5S2. The highest BCUT2D eigenvalue weighted by Gasteiger charge is 2.32. The van der Waals surface area contributed by atoms with Gasteiger partial charge in [0.25, 0.3) is 5.91 Å². The van der Waals surface area contributed by atoms with Crippen molar-refractivity contribution in [3.8, 4) is 11.5 Å². The van der Waals surface area contributed by atoms with Crippen molar-refractivity contribution >= 4 is 33.0 Å². The van der Waals surface area contributed by atoms with Gasteiger partial charge in [0.1, 0.15) is 9.77 Å². The summed E-state index contributed by atoms with van der Waals surface area (Å²) in [5.41, 5.74) is 2.66. The van der Waals surface area contributed by atoms with Crippen LogP contribution in [0.3, 0.4) is 0 Å². The lowest BCUT2D eigenvalue weighted by Gasteiger charge is -2.28. The Kier molecular flexibility index (Phi) is 4.73. The molecular weight excluding hydrogens is 424 g/mol. The maximum Gasteiger partial charge on any atom is 0.267 e. The van der Waals surface area contributed by atoms with E-state index in [-0.39, 0.29) is 16.6 Å². The third-order valence-corrected chi connectivity index (χ3v) is 8.11. The molecule has 1 amide bonds. The van der Waals surface area contributed by atoms with Crippen molar-refractivity contribution in [2.45, 2.75) is 17.9 Å². The quantitative estimate of drug-likeness (QED) is 0.669. The van der Waals surface area contributed by atoms with Crippen LogP contribution in [0.4, 0.5) is 5.69 Å². The van der Waals surface area contributed by atoms with E-state index in [2.05, 4.69) is 5.32 Å². The minimum absolute atomic E-state index is 0.0325. The third kappa shape index (κ3) is 3.34. The highest BCUT2D eigenvalue weighted by molar-refractivity contribution is 7.89. The van der Waals surface area contributed by atoms with Crippen molar-refractivity contribution in [1.82, 2.24) is 4.31 Å². The van der Waals surface area contributed by atoms with Crippen LogP contribution in [0.5, 0.6) is 11.5 Å². The summed E-state index contributed by atoms with van der Waals surface area (Å²) in [6.07, 6.45) is 0.651. The molecule has 3 heterocycles. The number of rotatable bonds is 4. The zero-order chi connectivity index (χ0) is 20.7. The summed E-state index contributed by atoms with van der Waals surface area (Å²) >= 11 is 1.11. The Morgan fingerprint density at radius 1 is 1.03 bits per heavy atom. The summed E-state index contributed by atoms with van der Waals surface area (Å²) in [5.74, 6) is 0.677. The number of benzene rings is 2. The lowest BCUT2D eigenvalue weighted by molar-refractivity contribution is 0.102. The Labute approximate surface area is 177 Å². The first-order chi connectivity index (χ1) is 14.5. The SMILES string of the molecule is O=C(Nc1ccc2c(c1)OCO2)c1sccc1S(=O)(=O)N1CCc2ccccc2C1. The van der Waals surface area contributed by atoms with Crippen molar-refractivity contribution in [1.29, 1.82) is 0 Å². The fourth-order valence-electron chi connectivity index (χ4n) is 3.64. The maximum absolute atomic E-state index is 13.3. The summed E-state index contributed by atoms with van der Waals surface area (Å²) in [5, 5.41) is 4.38. The van der Waals surface area contributed by atoms with Crippen molar-refractivity contribution in [3.63, 3.8) is 0 Å². The number of nitrogens with one attached hydrogen (secondary N) is 1. The molecule has 0 bridgehead atoms. The van der Waals surface area contributed by atoms with Gasteiger partial charge in [-0.25, -0.2) is 8.42 Å². The van der Waals surface area contributed by atoms with Crippen LogP contribution in [0.1, 0.15) is 20.8 Å². The van der Waals surface area contributed by atoms with E-state index < -0.39 is 15.9 Å². The van der Waals surface area contributed by atoms with E-state index in [9.17, 15) is 13.2 Å². The average Bonchev–Trinajstić information content (AvgIpc) is 3.43. The smallest absolute Gasteiger partial charge is 0.267 e. The highest BCUT2D eigenvalue weighted by Crippen LogP contribution is 2.35. The maximum atomic E-state index is 13.3. The molecule has 30 heavy (non-hydrogen) atoms. The van der Waals surface area contributed by atoms with E-state index in [1.165, 1.54) is 10.4 Å². The third-order valence-electron chi connectivity index (χ3n) is 5.18. The van der Waals surface area contributed by atoms with Gasteiger partial charge in [-0.3, -0.25) is 4.79 Å². The molecule has 0 atom stereocenters. The van der Waals surface area contributed by atoms with Gasteiger partial charge in [-0.1, -0.05) is 24.3 Å². The number of thiophene rings is 1. The summed E-state index contributed by atoms with van der Waals surface area (Å²) in [7, 11) is -3.80. The standard InChI is InChI=1S/C21H18N2O5S2/c24-21(22-16-5-6-17-18(11-16)28-13-27-17)20-19(8-10-29-20)30(25,26)23-9-7-14-3-1-2-4-15(14)12-23/h1-6,8,10-11H,7,9,12-13H2,(H,22,24). The van der Waals surface area contributed by atoms with Crippen LogP contribution < -0.4 is 14.8 Å². The van der Waals surface area contributed by atoms with Gasteiger partial charge in [0, 0.05) is 24.8 Å². The lowest BCUT2D eigenvalue weighted by Crippen LogP contribution is -2.36. The molecule has 2 aliphatic heterocycles. The molecule has 5 rings (SSSR count). The second-order valence-electron chi connectivity index (χ2n) is 6.99. The zero-order valence-corrected chi connectivity index (χ0v) is 17.5. The predicted octanol–water partition coefficient (Wildman–Crippen LogP) is 3.48. The number of carbonyl (C=O) groups excluding carboxylic acids is 1. The molecule has 2 aliphatic rings. The van der Waals surface area contributed by atoms with Gasteiger partial charge in [0.15, 0.2) is 11.5 Å².